The van der Waals surface area contributed by atoms with Crippen LogP contribution in [-0.2, 0) is 20.2 Å². The molecule has 0 bridgehead atoms. The van der Waals surface area contributed by atoms with E-state index in [4.69, 9.17) is 23.2 Å². The largest absolute Gasteiger partial charge is 0.349 e. The van der Waals surface area contributed by atoms with Crippen LogP contribution in [0, 0.1) is 5.82 Å². The van der Waals surface area contributed by atoms with Crippen molar-refractivity contribution in [2.75, 3.05) is 39.0 Å². The van der Waals surface area contributed by atoms with Crippen LogP contribution in [0.25, 0.3) is 0 Å². The maximum absolute atomic E-state index is 13.6. The second-order valence-corrected chi connectivity index (χ2v) is 11.8. The lowest BCUT2D eigenvalue weighted by Gasteiger charge is -2.36. The molecule has 2 aromatic carbocycles. The summed E-state index contributed by atoms with van der Waals surface area (Å²) in [7, 11) is -3.21. The van der Waals surface area contributed by atoms with Gasteiger partial charge in [-0.3, -0.25) is 4.79 Å². The molecule has 1 fully saturated rings. The predicted molar refractivity (Wildman–Crippen MR) is 134 cm³/mol. The lowest BCUT2D eigenvalue weighted by molar-refractivity contribution is -0.127. The van der Waals surface area contributed by atoms with Crippen molar-refractivity contribution >= 4 is 39.1 Å². The molecular formula is C24H30Cl2FN3O3S. The number of piperazine rings is 1. The maximum Gasteiger partial charge on any atom is 0.230 e. The summed E-state index contributed by atoms with van der Waals surface area (Å²) in [5.74, 6) is -0.517. The number of halogens is 3. The Hall–Kier alpha value is -1.71. The number of sulfonamides is 1. The highest BCUT2D eigenvalue weighted by Crippen LogP contribution is 2.34. The fourth-order valence-corrected chi connectivity index (χ4v) is 5.21. The van der Waals surface area contributed by atoms with Gasteiger partial charge in [-0.25, -0.2) is 12.8 Å². The number of nitrogens with zero attached hydrogens (tertiary/aromatic N) is 2. The summed E-state index contributed by atoms with van der Waals surface area (Å²) in [6.45, 7) is 6.37. The zero-order valence-electron chi connectivity index (χ0n) is 19.5. The van der Waals surface area contributed by atoms with E-state index in [0.29, 0.717) is 49.2 Å². The van der Waals surface area contributed by atoms with Gasteiger partial charge < -0.3 is 10.2 Å². The molecule has 0 aliphatic carbocycles. The van der Waals surface area contributed by atoms with Crippen LogP contribution in [0.2, 0.25) is 10.0 Å². The molecule has 0 aromatic heterocycles. The summed E-state index contributed by atoms with van der Waals surface area (Å²) in [6, 6.07) is 10.9. The number of rotatable bonds is 8. The van der Waals surface area contributed by atoms with Crippen molar-refractivity contribution in [3.63, 3.8) is 0 Å². The summed E-state index contributed by atoms with van der Waals surface area (Å²) >= 11 is 12.4. The SMILES string of the molecule is CC(NC(=O)C(C)(CCN1CCN(S(C)(=O)=O)CC1)c1ccc(Cl)c(Cl)c1)c1ccc(F)cc1. The molecular weight excluding hydrogens is 500 g/mol. The standard InChI is InChI=1S/C24H30Cl2FN3O3S/c1-17(18-4-7-20(27)8-5-18)28-23(31)24(2,19-6-9-21(25)22(26)16-19)10-11-29-12-14-30(15-13-29)34(3,32)33/h4-9,16-17H,10-15H2,1-3H3,(H,28,31). The van der Waals surface area contributed by atoms with E-state index >= 15 is 0 Å². The first-order valence-corrected chi connectivity index (χ1v) is 13.7. The van der Waals surface area contributed by atoms with Gasteiger partial charge in [0.05, 0.1) is 27.8 Å². The molecule has 0 radical (unpaired) electrons. The maximum atomic E-state index is 13.6. The zero-order chi connectivity index (χ0) is 25.1. The van der Waals surface area contributed by atoms with Crippen molar-refractivity contribution in [1.82, 2.24) is 14.5 Å². The molecule has 1 heterocycles. The third kappa shape index (κ3) is 6.49. The molecule has 1 amide bonds. The van der Waals surface area contributed by atoms with Gasteiger partial charge in [0.25, 0.3) is 0 Å². The summed E-state index contributed by atoms with van der Waals surface area (Å²) in [5, 5.41) is 3.83. The summed E-state index contributed by atoms with van der Waals surface area (Å²) in [4.78, 5) is 15.8. The Morgan fingerprint density at radius 2 is 1.71 bits per heavy atom. The Morgan fingerprint density at radius 1 is 1.09 bits per heavy atom. The zero-order valence-corrected chi connectivity index (χ0v) is 21.9. The van der Waals surface area contributed by atoms with Crippen LogP contribution in [0.4, 0.5) is 4.39 Å². The van der Waals surface area contributed by atoms with Crippen LogP contribution in [0.3, 0.4) is 0 Å². The lowest BCUT2D eigenvalue weighted by Crippen LogP contribution is -2.50. The highest BCUT2D eigenvalue weighted by Gasteiger charge is 2.37. The molecule has 2 unspecified atom stereocenters. The second-order valence-electron chi connectivity index (χ2n) is 8.96. The van der Waals surface area contributed by atoms with E-state index < -0.39 is 15.4 Å². The monoisotopic (exact) mass is 529 g/mol. The number of carbonyl (C=O) groups excluding carboxylic acids is 1. The molecule has 34 heavy (non-hydrogen) atoms. The third-order valence-electron chi connectivity index (χ3n) is 6.50. The number of benzene rings is 2. The molecule has 10 heteroatoms. The van der Waals surface area contributed by atoms with Crippen molar-refractivity contribution < 1.29 is 17.6 Å². The predicted octanol–water partition coefficient (Wildman–Crippen LogP) is 4.23. The van der Waals surface area contributed by atoms with Gasteiger partial charge in [-0.15, -0.1) is 0 Å². The van der Waals surface area contributed by atoms with E-state index in [2.05, 4.69) is 10.2 Å². The van der Waals surface area contributed by atoms with E-state index in [9.17, 15) is 17.6 Å². The van der Waals surface area contributed by atoms with Crippen LogP contribution >= 0.6 is 23.2 Å². The third-order valence-corrected chi connectivity index (χ3v) is 8.55. The Bertz CT molecular complexity index is 1120. The molecule has 6 nitrogen and oxygen atoms in total. The molecule has 1 N–H and O–H groups in total. The van der Waals surface area contributed by atoms with Gasteiger partial charge in [-0.1, -0.05) is 41.4 Å². The number of amides is 1. The molecule has 1 aliphatic heterocycles. The first kappa shape index (κ1) is 26.9. The van der Waals surface area contributed by atoms with Crippen molar-refractivity contribution in [3.05, 3.63) is 69.5 Å². The van der Waals surface area contributed by atoms with Crippen LogP contribution in [-0.4, -0.2) is 62.5 Å². The smallest absolute Gasteiger partial charge is 0.230 e. The van der Waals surface area contributed by atoms with Crippen molar-refractivity contribution in [3.8, 4) is 0 Å². The summed E-state index contributed by atoms with van der Waals surface area (Å²) < 4.78 is 38.4. The van der Waals surface area contributed by atoms with Gasteiger partial charge in [-0.2, -0.15) is 4.31 Å². The van der Waals surface area contributed by atoms with Crippen LogP contribution in [0.1, 0.15) is 37.4 Å². The van der Waals surface area contributed by atoms with E-state index in [1.165, 1.54) is 22.7 Å². The minimum Gasteiger partial charge on any atom is -0.349 e. The Balaban J connectivity index is 1.77. The first-order valence-electron chi connectivity index (χ1n) is 11.1. The minimum atomic E-state index is -3.21. The fourth-order valence-electron chi connectivity index (χ4n) is 4.09. The van der Waals surface area contributed by atoms with Gasteiger partial charge in [0.1, 0.15) is 5.82 Å². The highest BCUT2D eigenvalue weighted by atomic mass is 35.5. The van der Waals surface area contributed by atoms with E-state index in [0.717, 1.165) is 11.1 Å². The van der Waals surface area contributed by atoms with Crippen molar-refractivity contribution in [2.45, 2.75) is 31.7 Å². The van der Waals surface area contributed by atoms with Gasteiger partial charge in [0, 0.05) is 26.2 Å². The van der Waals surface area contributed by atoms with E-state index in [-0.39, 0.29) is 17.8 Å². The molecule has 3 rings (SSSR count). The number of carbonyl (C=O) groups is 1. The molecule has 2 aromatic rings. The Morgan fingerprint density at radius 3 is 2.26 bits per heavy atom. The van der Waals surface area contributed by atoms with Crippen LogP contribution in [0.5, 0.6) is 0 Å². The molecule has 1 aliphatic rings. The van der Waals surface area contributed by atoms with Gasteiger partial charge in [0.2, 0.25) is 15.9 Å². The lowest BCUT2D eigenvalue weighted by atomic mass is 9.78. The Kier molecular flexibility index (Phi) is 8.63. The molecule has 0 saturated carbocycles. The fraction of sp³-hybridized carbons (Fsp3) is 0.458. The normalized spacial score (nSPS) is 18.3. The molecule has 0 spiro atoms. The van der Waals surface area contributed by atoms with Crippen molar-refractivity contribution in [1.29, 1.82) is 0 Å². The average molecular weight is 530 g/mol. The number of hydrogen-bond acceptors (Lipinski definition) is 4. The highest BCUT2D eigenvalue weighted by molar-refractivity contribution is 7.88. The van der Waals surface area contributed by atoms with Gasteiger partial charge in [0.15, 0.2) is 0 Å². The molecule has 2 atom stereocenters. The number of nitrogens with one attached hydrogen (secondary N) is 1. The van der Waals surface area contributed by atoms with Gasteiger partial charge in [-0.05, 0) is 62.2 Å². The van der Waals surface area contributed by atoms with Crippen LogP contribution in [0.15, 0.2) is 42.5 Å². The topological polar surface area (TPSA) is 69.7 Å². The summed E-state index contributed by atoms with van der Waals surface area (Å²) in [5.41, 5.74) is 0.611. The molecule has 186 valence electrons. The first-order chi connectivity index (χ1) is 15.9. The Labute approximate surface area is 211 Å². The van der Waals surface area contributed by atoms with E-state index in [1.54, 1.807) is 30.3 Å². The second kappa shape index (κ2) is 10.9. The number of hydrogen-bond donors (Lipinski definition) is 1. The van der Waals surface area contributed by atoms with E-state index in [1.807, 2.05) is 13.8 Å². The minimum absolute atomic E-state index is 0.183. The van der Waals surface area contributed by atoms with Crippen molar-refractivity contribution in [2.24, 2.45) is 0 Å². The molecule has 1 saturated heterocycles. The quantitative estimate of drug-likeness (QED) is 0.555. The van der Waals surface area contributed by atoms with Crippen LogP contribution < -0.4 is 5.32 Å². The average Bonchev–Trinajstić information content (AvgIpc) is 2.79. The van der Waals surface area contributed by atoms with Gasteiger partial charge >= 0.3 is 0 Å². The summed E-state index contributed by atoms with van der Waals surface area (Å²) in [6.07, 6.45) is 1.71.